The highest BCUT2D eigenvalue weighted by Crippen LogP contribution is 2.23. The van der Waals surface area contributed by atoms with E-state index in [1.165, 1.54) is 12.6 Å². The number of nitrogens with zero attached hydrogens (tertiary/aromatic N) is 1. The minimum Gasteiger partial charge on any atom is -0.497 e. The SMILES string of the molecule is COc1ccc(N2CCC(NC(=O)NC(C)c3cccc(NC(C)=O)c3)CC2)cc1. The third-order valence-corrected chi connectivity index (χ3v) is 5.32. The van der Waals surface area contributed by atoms with Crippen LogP contribution in [0.25, 0.3) is 0 Å². The van der Waals surface area contributed by atoms with Crippen LogP contribution in [0.15, 0.2) is 48.5 Å². The highest BCUT2D eigenvalue weighted by Gasteiger charge is 2.21. The van der Waals surface area contributed by atoms with Crippen LogP contribution < -0.4 is 25.6 Å². The minimum atomic E-state index is -0.171. The summed E-state index contributed by atoms with van der Waals surface area (Å²) in [5.74, 6) is 0.732. The molecule has 3 amide bonds. The van der Waals surface area contributed by atoms with Crippen molar-refractivity contribution in [2.45, 2.75) is 38.8 Å². The van der Waals surface area contributed by atoms with E-state index >= 15 is 0 Å². The molecule has 1 atom stereocenters. The number of carbonyl (C=O) groups is 2. The molecule has 0 bridgehead atoms. The van der Waals surface area contributed by atoms with Gasteiger partial charge in [-0.1, -0.05) is 12.1 Å². The quantitative estimate of drug-likeness (QED) is 0.678. The van der Waals surface area contributed by atoms with E-state index in [1.807, 2.05) is 43.3 Å². The van der Waals surface area contributed by atoms with Crippen molar-refractivity contribution < 1.29 is 14.3 Å². The van der Waals surface area contributed by atoms with Crippen LogP contribution in [0, 0.1) is 0 Å². The fraction of sp³-hybridized carbons (Fsp3) is 0.391. The van der Waals surface area contributed by atoms with Gasteiger partial charge in [-0.15, -0.1) is 0 Å². The topological polar surface area (TPSA) is 82.7 Å². The number of piperidine rings is 1. The zero-order chi connectivity index (χ0) is 21.5. The molecule has 0 aliphatic carbocycles. The first kappa shape index (κ1) is 21.5. The molecule has 1 aliphatic heterocycles. The van der Waals surface area contributed by atoms with E-state index in [9.17, 15) is 9.59 Å². The zero-order valence-electron chi connectivity index (χ0n) is 17.8. The molecule has 1 aliphatic rings. The number of rotatable bonds is 6. The summed E-state index contributed by atoms with van der Waals surface area (Å²) >= 11 is 0. The number of methoxy groups -OCH3 is 1. The van der Waals surface area contributed by atoms with Crippen molar-refractivity contribution in [2.75, 3.05) is 30.4 Å². The number of nitrogens with one attached hydrogen (secondary N) is 3. The molecule has 1 heterocycles. The number of carbonyl (C=O) groups excluding carboxylic acids is 2. The third-order valence-electron chi connectivity index (χ3n) is 5.32. The van der Waals surface area contributed by atoms with Crippen LogP contribution in [0.5, 0.6) is 5.75 Å². The molecule has 7 heteroatoms. The smallest absolute Gasteiger partial charge is 0.315 e. The lowest BCUT2D eigenvalue weighted by Gasteiger charge is -2.34. The predicted molar refractivity (Wildman–Crippen MR) is 119 cm³/mol. The van der Waals surface area contributed by atoms with Gasteiger partial charge in [0.25, 0.3) is 0 Å². The molecular weight excluding hydrogens is 380 g/mol. The summed E-state index contributed by atoms with van der Waals surface area (Å²) in [4.78, 5) is 26.0. The molecular formula is C23H30N4O3. The Morgan fingerprint density at radius 3 is 2.43 bits per heavy atom. The van der Waals surface area contributed by atoms with Crippen molar-refractivity contribution in [1.82, 2.24) is 10.6 Å². The third kappa shape index (κ3) is 5.89. The van der Waals surface area contributed by atoms with Gasteiger partial charge in [0, 0.05) is 37.4 Å². The van der Waals surface area contributed by atoms with E-state index in [4.69, 9.17) is 4.74 Å². The Bertz CT molecular complexity index is 861. The number of hydrogen-bond donors (Lipinski definition) is 3. The fourth-order valence-corrected chi connectivity index (χ4v) is 3.67. The first-order chi connectivity index (χ1) is 14.4. The van der Waals surface area contributed by atoms with Crippen molar-refractivity contribution in [3.8, 4) is 5.75 Å². The first-order valence-corrected chi connectivity index (χ1v) is 10.3. The zero-order valence-corrected chi connectivity index (χ0v) is 17.8. The molecule has 0 aromatic heterocycles. The molecule has 7 nitrogen and oxygen atoms in total. The Morgan fingerprint density at radius 2 is 1.80 bits per heavy atom. The maximum atomic E-state index is 12.5. The number of anilines is 2. The molecule has 0 saturated carbocycles. The summed E-state index contributed by atoms with van der Waals surface area (Å²) in [6.07, 6.45) is 1.79. The average molecular weight is 411 g/mol. The molecule has 1 fully saturated rings. The van der Waals surface area contributed by atoms with Gasteiger partial charge in [0.05, 0.1) is 13.2 Å². The lowest BCUT2D eigenvalue weighted by Crippen LogP contribution is -2.48. The van der Waals surface area contributed by atoms with Crippen LogP contribution in [0.1, 0.15) is 38.3 Å². The molecule has 3 rings (SSSR count). The number of benzene rings is 2. The average Bonchev–Trinajstić information content (AvgIpc) is 2.74. The molecule has 160 valence electrons. The molecule has 1 saturated heterocycles. The maximum Gasteiger partial charge on any atom is 0.315 e. The predicted octanol–water partition coefficient (Wildman–Crippen LogP) is 3.68. The second kappa shape index (κ2) is 10.0. The lowest BCUT2D eigenvalue weighted by molar-refractivity contribution is -0.114. The molecule has 1 unspecified atom stereocenters. The van der Waals surface area contributed by atoms with E-state index < -0.39 is 0 Å². The maximum absolute atomic E-state index is 12.5. The first-order valence-electron chi connectivity index (χ1n) is 10.3. The van der Waals surface area contributed by atoms with Gasteiger partial charge in [0.15, 0.2) is 0 Å². The van der Waals surface area contributed by atoms with Crippen molar-refractivity contribution in [3.63, 3.8) is 0 Å². The normalized spacial score (nSPS) is 15.2. The molecule has 0 radical (unpaired) electrons. The van der Waals surface area contributed by atoms with Crippen LogP contribution in [0.3, 0.4) is 0 Å². The molecule has 2 aromatic carbocycles. The summed E-state index contributed by atoms with van der Waals surface area (Å²) in [6.45, 7) is 5.19. The summed E-state index contributed by atoms with van der Waals surface area (Å²) in [7, 11) is 1.66. The van der Waals surface area contributed by atoms with Crippen molar-refractivity contribution in [1.29, 1.82) is 0 Å². The summed E-state index contributed by atoms with van der Waals surface area (Å²) in [5, 5.41) is 8.84. The van der Waals surface area contributed by atoms with Crippen LogP contribution >= 0.6 is 0 Å². The van der Waals surface area contributed by atoms with Crippen LogP contribution in [-0.4, -0.2) is 38.2 Å². The number of hydrogen-bond acceptors (Lipinski definition) is 4. The van der Waals surface area contributed by atoms with Crippen molar-refractivity contribution in [2.24, 2.45) is 0 Å². The summed E-state index contributed by atoms with van der Waals surface area (Å²) < 4.78 is 5.21. The number of amides is 3. The fourth-order valence-electron chi connectivity index (χ4n) is 3.67. The molecule has 3 N–H and O–H groups in total. The van der Waals surface area contributed by atoms with Gasteiger partial charge in [0.2, 0.25) is 5.91 Å². The Balaban J connectivity index is 1.47. The number of ether oxygens (including phenoxy) is 1. The van der Waals surface area contributed by atoms with E-state index in [-0.39, 0.29) is 24.0 Å². The van der Waals surface area contributed by atoms with Gasteiger partial charge in [-0.05, 0) is 61.7 Å². The van der Waals surface area contributed by atoms with E-state index in [1.54, 1.807) is 7.11 Å². The van der Waals surface area contributed by atoms with Crippen molar-refractivity contribution >= 4 is 23.3 Å². The summed E-state index contributed by atoms with van der Waals surface area (Å²) in [5.41, 5.74) is 2.83. The Morgan fingerprint density at radius 1 is 1.10 bits per heavy atom. The highest BCUT2D eigenvalue weighted by molar-refractivity contribution is 5.88. The minimum absolute atomic E-state index is 0.119. The Kier molecular flexibility index (Phi) is 7.17. The van der Waals surface area contributed by atoms with Crippen LogP contribution in [0.2, 0.25) is 0 Å². The van der Waals surface area contributed by atoms with E-state index in [0.717, 1.165) is 42.9 Å². The highest BCUT2D eigenvalue weighted by atomic mass is 16.5. The molecule has 30 heavy (non-hydrogen) atoms. The van der Waals surface area contributed by atoms with Gasteiger partial charge in [-0.2, -0.15) is 0 Å². The van der Waals surface area contributed by atoms with Crippen molar-refractivity contribution in [3.05, 3.63) is 54.1 Å². The standard InChI is InChI=1S/C23H30N4O3/c1-16(18-5-4-6-20(15-18)25-17(2)28)24-23(29)26-19-11-13-27(14-12-19)21-7-9-22(30-3)10-8-21/h4-10,15-16,19H,11-14H2,1-3H3,(H,25,28)(H2,24,26,29). The second-order valence-electron chi connectivity index (χ2n) is 7.61. The number of urea groups is 1. The van der Waals surface area contributed by atoms with Gasteiger partial charge < -0.3 is 25.6 Å². The second-order valence-corrected chi connectivity index (χ2v) is 7.61. The van der Waals surface area contributed by atoms with Gasteiger partial charge in [-0.25, -0.2) is 4.79 Å². The van der Waals surface area contributed by atoms with Crippen LogP contribution in [0.4, 0.5) is 16.2 Å². The van der Waals surface area contributed by atoms with Gasteiger partial charge in [0.1, 0.15) is 5.75 Å². The van der Waals surface area contributed by atoms with Gasteiger partial charge >= 0.3 is 6.03 Å². The van der Waals surface area contributed by atoms with E-state index in [2.05, 4.69) is 33.0 Å². The molecule has 2 aromatic rings. The summed E-state index contributed by atoms with van der Waals surface area (Å²) in [6, 6.07) is 15.4. The van der Waals surface area contributed by atoms with E-state index in [0.29, 0.717) is 0 Å². The molecule has 0 spiro atoms. The Labute approximate surface area is 177 Å². The van der Waals surface area contributed by atoms with Crippen LogP contribution in [-0.2, 0) is 4.79 Å². The largest absolute Gasteiger partial charge is 0.497 e. The monoisotopic (exact) mass is 410 g/mol. The lowest BCUT2D eigenvalue weighted by atomic mass is 10.0. The Hall–Kier alpha value is -3.22. The van der Waals surface area contributed by atoms with Gasteiger partial charge in [-0.3, -0.25) is 4.79 Å².